The van der Waals surface area contributed by atoms with E-state index in [2.05, 4.69) is 106 Å². The van der Waals surface area contributed by atoms with E-state index < -0.39 is 12.6 Å². The summed E-state index contributed by atoms with van der Waals surface area (Å²) in [5.41, 5.74) is 0. The van der Waals surface area contributed by atoms with Gasteiger partial charge in [-0.1, -0.05) is 0 Å². The second-order valence-corrected chi connectivity index (χ2v) is 18.0. The number of hydrogen-bond donors (Lipinski definition) is 0. The number of hydrogen-bond acceptors (Lipinski definition) is 2. The molecule has 182 valence electrons. The van der Waals surface area contributed by atoms with Gasteiger partial charge in [-0.25, -0.2) is 0 Å². The number of carbonyl (C=O) groups excluding carboxylic acids is 1. The molecule has 3 aromatic carbocycles. The molecule has 0 bridgehead atoms. The summed E-state index contributed by atoms with van der Waals surface area (Å²) >= 11 is 6.10. The Balaban J connectivity index is 1.72. The van der Waals surface area contributed by atoms with Crippen LogP contribution in [0.2, 0.25) is 14.4 Å². The molecule has 0 unspecified atom stereocenters. The van der Waals surface area contributed by atoms with Crippen LogP contribution in [0.3, 0.4) is 0 Å². The Morgan fingerprint density at radius 2 is 1.51 bits per heavy atom. The third-order valence-electron chi connectivity index (χ3n) is 6.95. The fourth-order valence-corrected chi connectivity index (χ4v) is 12.5. The zero-order valence-electron chi connectivity index (χ0n) is 20.6. The molecule has 0 amide bonds. The van der Waals surface area contributed by atoms with Crippen LogP contribution in [0.15, 0.2) is 97.1 Å². The number of carbonyl (C=O) groups is 1. The fraction of sp³-hybridized carbons (Fsp3) is 0.300. The van der Waals surface area contributed by atoms with Gasteiger partial charge in [0, 0.05) is 0 Å². The Morgan fingerprint density at radius 1 is 0.943 bits per heavy atom. The van der Waals surface area contributed by atoms with Crippen LogP contribution in [0.5, 0.6) is 0 Å². The molecule has 0 spiro atoms. The van der Waals surface area contributed by atoms with Crippen LogP contribution in [-0.2, 0) is 9.22 Å². The molecule has 0 aromatic heterocycles. The zero-order chi connectivity index (χ0) is 24.9. The van der Waals surface area contributed by atoms with E-state index in [1.807, 2.05) is 12.1 Å². The summed E-state index contributed by atoms with van der Waals surface area (Å²) < 4.78 is 8.02. The van der Waals surface area contributed by atoms with Gasteiger partial charge in [0.1, 0.15) is 0 Å². The first-order valence-corrected chi connectivity index (χ1v) is 16.1. The molecule has 1 aliphatic rings. The molecule has 3 aromatic rings. The van der Waals surface area contributed by atoms with E-state index in [0.717, 1.165) is 17.9 Å². The van der Waals surface area contributed by atoms with Crippen LogP contribution in [0.25, 0.3) is 0 Å². The molecule has 2 atom stereocenters. The average Bonchev–Trinajstić information content (AvgIpc) is 2.87. The second kappa shape index (κ2) is 11.0. The first-order chi connectivity index (χ1) is 16.8. The van der Waals surface area contributed by atoms with E-state index >= 15 is 0 Å². The Hall–Kier alpha value is -1.94. The van der Waals surface area contributed by atoms with Crippen molar-refractivity contribution in [3.63, 3.8) is 0 Å². The number of benzene rings is 3. The van der Waals surface area contributed by atoms with E-state index in [1.54, 1.807) is 0 Å². The molecule has 2 nitrogen and oxygen atoms in total. The van der Waals surface area contributed by atoms with Gasteiger partial charge in [0.2, 0.25) is 0 Å². The van der Waals surface area contributed by atoms with Gasteiger partial charge in [0.05, 0.1) is 0 Å². The molecule has 0 N–H and O–H groups in total. The molecule has 1 aliphatic carbocycles. The average molecular weight is 568 g/mol. The van der Waals surface area contributed by atoms with Crippen LogP contribution in [0, 0.1) is 5.92 Å². The molecular formula is C30H33ClO2SeSi. The normalized spacial score (nSPS) is 20.5. The first kappa shape index (κ1) is 26.1. The standard InChI is InChI=1S/C30H33ClO2SeSi/c1-29(2,3)35(27-13-6-4-7-14-27,28-15-8-5-9-16-28)33-22-24-12-10-11-21-30(24,23-32)34-26-19-17-25(31)18-20-26/h4-11,13-20,23-24H,12,21-22H2,1-3H3/t24-,30+/m1/s1. The molecule has 0 fully saturated rings. The van der Waals surface area contributed by atoms with Crippen molar-refractivity contribution in [1.29, 1.82) is 0 Å². The van der Waals surface area contributed by atoms with Gasteiger partial charge in [-0.3, -0.25) is 0 Å². The molecule has 0 heterocycles. The number of rotatable bonds is 8. The Bertz CT molecular complexity index is 1100. The van der Waals surface area contributed by atoms with Gasteiger partial charge >= 0.3 is 223 Å². The molecule has 0 aliphatic heterocycles. The van der Waals surface area contributed by atoms with Crippen molar-refractivity contribution in [2.75, 3.05) is 6.61 Å². The van der Waals surface area contributed by atoms with Gasteiger partial charge in [0.15, 0.2) is 0 Å². The molecule has 0 saturated heterocycles. The van der Waals surface area contributed by atoms with E-state index in [1.165, 1.54) is 21.1 Å². The molecule has 5 heteroatoms. The molecular weight excluding hydrogens is 535 g/mol. The minimum atomic E-state index is -2.66. The van der Waals surface area contributed by atoms with E-state index in [4.69, 9.17) is 16.0 Å². The SMILES string of the molecule is CC(C)(C)[Si](OC[C@H]1CC=CC[C@@]1(C=O)[Se]c1ccc(Cl)cc1)(c1ccccc1)c1ccccc1. The summed E-state index contributed by atoms with van der Waals surface area (Å²) in [5, 5.41) is 3.17. The Morgan fingerprint density at radius 3 is 2.03 bits per heavy atom. The van der Waals surface area contributed by atoms with Gasteiger partial charge in [0.25, 0.3) is 0 Å². The van der Waals surface area contributed by atoms with Crippen LogP contribution in [0.1, 0.15) is 33.6 Å². The van der Waals surface area contributed by atoms with Crippen molar-refractivity contribution < 1.29 is 9.22 Å². The van der Waals surface area contributed by atoms with E-state index in [-0.39, 0.29) is 25.9 Å². The van der Waals surface area contributed by atoms with E-state index in [9.17, 15) is 4.79 Å². The van der Waals surface area contributed by atoms with E-state index in [0.29, 0.717) is 6.61 Å². The maximum atomic E-state index is 12.7. The zero-order valence-corrected chi connectivity index (χ0v) is 24.1. The van der Waals surface area contributed by atoms with Crippen molar-refractivity contribution in [3.8, 4) is 0 Å². The van der Waals surface area contributed by atoms with Gasteiger partial charge < -0.3 is 0 Å². The first-order valence-electron chi connectivity index (χ1n) is 12.1. The Kier molecular flexibility index (Phi) is 8.20. The topological polar surface area (TPSA) is 26.3 Å². The second-order valence-electron chi connectivity index (χ2n) is 10.2. The summed E-state index contributed by atoms with van der Waals surface area (Å²) in [4.78, 5) is 12.7. The predicted molar refractivity (Wildman–Crippen MR) is 151 cm³/mol. The fourth-order valence-electron chi connectivity index (χ4n) is 5.11. The van der Waals surface area contributed by atoms with Crippen molar-refractivity contribution in [3.05, 3.63) is 102 Å². The van der Waals surface area contributed by atoms with Crippen LogP contribution < -0.4 is 14.8 Å². The minimum absolute atomic E-state index is 0.0242. The van der Waals surface area contributed by atoms with Crippen molar-refractivity contribution >= 4 is 56.0 Å². The van der Waals surface area contributed by atoms with Gasteiger partial charge in [-0.15, -0.1) is 0 Å². The number of halogens is 1. The van der Waals surface area contributed by atoms with Gasteiger partial charge in [-0.05, 0) is 0 Å². The van der Waals surface area contributed by atoms with Crippen LogP contribution in [0.4, 0.5) is 0 Å². The molecule has 35 heavy (non-hydrogen) atoms. The third kappa shape index (κ3) is 5.43. The number of allylic oxidation sites excluding steroid dienone is 2. The summed E-state index contributed by atoms with van der Waals surface area (Å²) in [6.45, 7) is 7.45. The van der Waals surface area contributed by atoms with Crippen molar-refractivity contribution in [1.82, 2.24) is 0 Å². The molecule has 0 saturated carbocycles. The van der Waals surface area contributed by atoms with Crippen LogP contribution in [-0.4, -0.2) is 36.2 Å². The summed E-state index contributed by atoms with van der Waals surface area (Å²) in [6, 6.07) is 29.4. The Labute approximate surface area is 222 Å². The monoisotopic (exact) mass is 568 g/mol. The number of aldehydes is 1. The third-order valence-corrected chi connectivity index (χ3v) is 15.3. The quantitative estimate of drug-likeness (QED) is 0.202. The van der Waals surface area contributed by atoms with Crippen LogP contribution >= 0.6 is 11.6 Å². The maximum absolute atomic E-state index is 12.7. The molecule has 0 radical (unpaired) electrons. The predicted octanol–water partition coefficient (Wildman–Crippen LogP) is 5.57. The summed E-state index contributed by atoms with van der Waals surface area (Å²) in [5.74, 6) is 0.127. The van der Waals surface area contributed by atoms with Gasteiger partial charge in [-0.2, -0.15) is 0 Å². The van der Waals surface area contributed by atoms with Crippen molar-refractivity contribution in [2.45, 2.75) is 43.0 Å². The molecule has 4 rings (SSSR count). The summed E-state index contributed by atoms with van der Waals surface area (Å²) in [6.07, 6.45) is 7.22. The summed E-state index contributed by atoms with van der Waals surface area (Å²) in [7, 11) is -2.66. The van der Waals surface area contributed by atoms with Crippen molar-refractivity contribution in [2.24, 2.45) is 5.92 Å².